The molecule has 0 bridgehead atoms. The van der Waals surface area contributed by atoms with Crippen LogP contribution in [0.3, 0.4) is 0 Å². The van der Waals surface area contributed by atoms with Gasteiger partial charge in [0, 0.05) is 18.5 Å². The van der Waals surface area contributed by atoms with Crippen LogP contribution in [0.25, 0.3) is 0 Å². The molecule has 2 amide bonds. The maximum atomic E-state index is 12.3. The maximum absolute atomic E-state index is 12.3. The number of nitrogens with one attached hydrogen (secondary N) is 2. The number of carbonyl (C=O) groups excluding carboxylic acids is 2. The number of carboxylic acid groups (broad SMARTS) is 1. The number of amides is 2. The Labute approximate surface area is 158 Å². The summed E-state index contributed by atoms with van der Waals surface area (Å²) in [6.07, 6.45) is 0.762. The van der Waals surface area contributed by atoms with Gasteiger partial charge in [-0.15, -0.1) is 0 Å². The van der Waals surface area contributed by atoms with E-state index in [1.807, 2.05) is 6.07 Å². The van der Waals surface area contributed by atoms with E-state index in [1.165, 1.54) is 0 Å². The van der Waals surface area contributed by atoms with Crippen LogP contribution in [-0.2, 0) is 15.1 Å². The van der Waals surface area contributed by atoms with Crippen LogP contribution < -0.4 is 10.6 Å². The van der Waals surface area contributed by atoms with Gasteiger partial charge in [0.25, 0.3) is 5.91 Å². The number of rotatable bonds is 9. The van der Waals surface area contributed by atoms with Crippen LogP contribution in [0.1, 0.15) is 42.1 Å². The molecule has 142 valence electrons. The molecule has 0 aromatic heterocycles. The van der Waals surface area contributed by atoms with Gasteiger partial charge in [0.2, 0.25) is 5.91 Å². The van der Waals surface area contributed by atoms with Crippen LogP contribution in [-0.4, -0.2) is 29.4 Å². The first-order valence-electron chi connectivity index (χ1n) is 8.93. The summed E-state index contributed by atoms with van der Waals surface area (Å²) in [4.78, 5) is 36.2. The van der Waals surface area contributed by atoms with E-state index in [4.69, 9.17) is 0 Å². The van der Waals surface area contributed by atoms with Crippen molar-refractivity contribution in [1.82, 2.24) is 10.6 Å². The van der Waals surface area contributed by atoms with Crippen LogP contribution in [0, 0.1) is 0 Å². The molecule has 3 N–H and O–H groups in total. The number of hydrogen-bond donors (Lipinski definition) is 3. The number of carbonyl (C=O) groups is 3. The molecule has 2 aromatic rings. The van der Waals surface area contributed by atoms with Crippen molar-refractivity contribution < 1.29 is 19.5 Å². The quantitative estimate of drug-likeness (QED) is 0.593. The first-order valence-corrected chi connectivity index (χ1v) is 8.93. The van der Waals surface area contributed by atoms with Gasteiger partial charge >= 0.3 is 5.97 Å². The molecule has 0 aliphatic carbocycles. The zero-order chi connectivity index (χ0) is 19.7. The number of benzene rings is 2. The van der Waals surface area contributed by atoms with Gasteiger partial charge in [-0.25, -0.2) is 4.79 Å². The molecule has 6 nitrogen and oxygen atoms in total. The highest BCUT2D eigenvalue weighted by Gasteiger charge is 2.39. The lowest BCUT2D eigenvalue weighted by molar-refractivity contribution is -0.148. The lowest BCUT2D eigenvalue weighted by Crippen LogP contribution is -2.51. The molecular weight excluding hydrogens is 344 g/mol. The maximum Gasteiger partial charge on any atom is 0.334 e. The summed E-state index contributed by atoms with van der Waals surface area (Å²) in [6, 6.07) is 17.5. The SMILES string of the molecule is CCC(NC(=O)CCCNC(=O)c1ccccc1)(C(=O)O)c1ccccc1. The fourth-order valence-corrected chi connectivity index (χ4v) is 2.86. The van der Waals surface area contributed by atoms with Crippen LogP contribution in [0.4, 0.5) is 0 Å². The standard InChI is InChI=1S/C21H24N2O4/c1-2-21(20(26)27,17-12-7-4-8-13-17)23-18(24)14-9-15-22-19(25)16-10-5-3-6-11-16/h3-8,10-13H,2,9,14-15H2,1H3,(H,22,25)(H,23,24)(H,26,27). The molecule has 0 spiro atoms. The molecule has 0 aliphatic rings. The van der Waals surface area contributed by atoms with Crippen molar-refractivity contribution in [3.05, 3.63) is 71.8 Å². The van der Waals surface area contributed by atoms with E-state index < -0.39 is 11.5 Å². The predicted molar refractivity (Wildman–Crippen MR) is 102 cm³/mol. The molecule has 0 aliphatic heterocycles. The molecule has 0 saturated heterocycles. The van der Waals surface area contributed by atoms with Gasteiger partial charge in [0.05, 0.1) is 0 Å². The van der Waals surface area contributed by atoms with E-state index in [-0.39, 0.29) is 24.7 Å². The smallest absolute Gasteiger partial charge is 0.334 e. The molecule has 0 heterocycles. The molecule has 2 rings (SSSR count). The Hall–Kier alpha value is -3.15. The van der Waals surface area contributed by atoms with Crippen LogP contribution in [0.2, 0.25) is 0 Å². The minimum atomic E-state index is -1.45. The van der Waals surface area contributed by atoms with Crippen LogP contribution in [0.15, 0.2) is 60.7 Å². The van der Waals surface area contributed by atoms with Crippen molar-refractivity contribution in [3.8, 4) is 0 Å². The summed E-state index contributed by atoms with van der Waals surface area (Å²) < 4.78 is 0. The van der Waals surface area contributed by atoms with Gasteiger partial charge in [-0.05, 0) is 30.5 Å². The minimum Gasteiger partial charge on any atom is -0.479 e. The number of aliphatic carboxylic acids is 1. The van der Waals surface area contributed by atoms with Crippen molar-refractivity contribution in [2.45, 2.75) is 31.7 Å². The zero-order valence-electron chi connectivity index (χ0n) is 15.3. The normalized spacial score (nSPS) is 12.6. The molecule has 2 aromatic carbocycles. The Kier molecular flexibility index (Phi) is 7.11. The Morgan fingerprint density at radius 2 is 1.56 bits per heavy atom. The summed E-state index contributed by atoms with van der Waals surface area (Å²) in [5, 5.41) is 15.1. The Balaban J connectivity index is 1.89. The van der Waals surface area contributed by atoms with Crippen molar-refractivity contribution in [1.29, 1.82) is 0 Å². The summed E-state index contributed by atoms with van der Waals surface area (Å²) in [7, 11) is 0. The molecule has 0 fully saturated rings. The fourth-order valence-electron chi connectivity index (χ4n) is 2.86. The molecule has 0 radical (unpaired) electrons. The van der Waals surface area contributed by atoms with Gasteiger partial charge < -0.3 is 15.7 Å². The first kappa shape index (κ1) is 20.2. The highest BCUT2D eigenvalue weighted by Crippen LogP contribution is 2.25. The molecular formula is C21H24N2O4. The van der Waals surface area contributed by atoms with Crippen LogP contribution in [0.5, 0.6) is 0 Å². The first-order chi connectivity index (χ1) is 13.0. The molecule has 27 heavy (non-hydrogen) atoms. The van der Waals surface area contributed by atoms with E-state index in [0.717, 1.165) is 0 Å². The number of carboxylic acids is 1. The Bertz CT molecular complexity index is 777. The van der Waals surface area contributed by atoms with Crippen molar-refractivity contribution in [3.63, 3.8) is 0 Å². The van der Waals surface area contributed by atoms with Gasteiger partial charge in [-0.2, -0.15) is 0 Å². The van der Waals surface area contributed by atoms with Gasteiger partial charge in [0.15, 0.2) is 5.54 Å². The molecule has 6 heteroatoms. The molecule has 1 unspecified atom stereocenters. The summed E-state index contributed by atoms with van der Waals surface area (Å²) in [5.74, 6) is -1.66. The predicted octanol–water partition coefficient (Wildman–Crippen LogP) is 2.70. The topological polar surface area (TPSA) is 95.5 Å². The van der Waals surface area contributed by atoms with E-state index in [2.05, 4.69) is 10.6 Å². The lowest BCUT2D eigenvalue weighted by Gasteiger charge is -2.30. The Morgan fingerprint density at radius 3 is 2.11 bits per heavy atom. The highest BCUT2D eigenvalue weighted by atomic mass is 16.4. The van der Waals surface area contributed by atoms with Crippen molar-refractivity contribution >= 4 is 17.8 Å². The summed E-state index contributed by atoms with van der Waals surface area (Å²) in [6.45, 7) is 2.06. The zero-order valence-corrected chi connectivity index (χ0v) is 15.3. The fraction of sp³-hybridized carbons (Fsp3) is 0.286. The van der Waals surface area contributed by atoms with Crippen LogP contribution >= 0.6 is 0 Å². The second kappa shape index (κ2) is 9.52. The van der Waals surface area contributed by atoms with E-state index in [1.54, 1.807) is 61.5 Å². The van der Waals surface area contributed by atoms with E-state index >= 15 is 0 Å². The highest BCUT2D eigenvalue weighted by molar-refractivity contribution is 5.94. The van der Waals surface area contributed by atoms with Crippen molar-refractivity contribution in [2.75, 3.05) is 6.54 Å². The minimum absolute atomic E-state index is 0.122. The third kappa shape index (κ3) is 5.17. The Morgan fingerprint density at radius 1 is 0.963 bits per heavy atom. The second-order valence-corrected chi connectivity index (χ2v) is 6.20. The van der Waals surface area contributed by atoms with Gasteiger partial charge in [-0.3, -0.25) is 9.59 Å². The van der Waals surface area contributed by atoms with Gasteiger partial charge in [0.1, 0.15) is 0 Å². The third-order valence-electron chi connectivity index (χ3n) is 4.42. The number of hydrogen-bond acceptors (Lipinski definition) is 3. The lowest BCUT2D eigenvalue weighted by atomic mass is 9.87. The second-order valence-electron chi connectivity index (χ2n) is 6.20. The monoisotopic (exact) mass is 368 g/mol. The van der Waals surface area contributed by atoms with E-state index in [0.29, 0.717) is 24.1 Å². The molecule has 0 saturated carbocycles. The van der Waals surface area contributed by atoms with Crippen molar-refractivity contribution in [2.24, 2.45) is 0 Å². The summed E-state index contributed by atoms with van der Waals surface area (Å²) in [5.41, 5.74) is -0.362. The van der Waals surface area contributed by atoms with E-state index in [9.17, 15) is 19.5 Å². The average Bonchev–Trinajstić information content (AvgIpc) is 2.70. The largest absolute Gasteiger partial charge is 0.479 e. The molecule has 1 atom stereocenters. The van der Waals surface area contributed by atoms with Gasteiger partial charge in [-0.1, -0.05) is 55.5 Å². The summed E-state index contributed by atoms with van der Waals surface area (Å²) >= 11 is 0. The average molecular weight is 368 g/mol. The third-order valence-corrected chi connectivity index (χ3v) is 4.42.